The molecule has 7 heteroatoms. The van der Waals surface area contributed by atoms with Crippen molar-refractivity contribution in [2.75, 3.05) is 31.3 Å². The molecule has 3 rings (SSSR count). The minimum atomic E-state index is -0.625. The summed E-state index contributed by atoms with van der Waals surface area (Å²) in [7, 11) is 0. The van der Waals surface area contributed by atoms with Gasteiger partial charge in [0, 0.05) is 18.7 Å². The van der Waals surface area contributed by atoms with Gasteiger partial charge in [-0.05, 0) is 55.3 Å². The molecule has 1 heterocycles. The number of benzene rings is 2. The predicted octanol–water partition coefficient (Wildman–Crippen LogP) is 3.57. The summed E-state index contributed by atoms with van der Waals surface area (Å²) in [6, 6.07) is 12.6. The normalized spacial score (nSPS) is 12.4. The van der Waals surface area contributed by atoms with Gasteiger partial charge in [0.05, 0.1) is 31.3 Å². The smallest absolute Gasteiger partial charge is 0.338 e. The molecule has 2 aromatic rings. The number of fused-ring (bicyclic) bond motifs is 1. The van der Waals surface area contributed by atoms with E-state index in [9.17, 15) is 9.59 Å². The average Bonchev–Trinajstić information content (AvgIpc) is 2.96. The lowest BCUT2D eigenvalue weighted by Gasteiger charge is -2.22. The highest BCUT2D eigenvalue weighted by Crippen LogP contribution is 2.30. The Kier molecular flexibility index (Phi) is 6.91. The van der Waals surface area contributed by atoms with Crippen LogP contribution in [0.1, 0.15) is 34.3 Å². The van der Waals surface area contributed by atoms with Crippen LogP contribution in [0.25, 0.3) is 0 Å². The summed E-state index contributed by atoms with van der Waals surface area (Å²) in [6.45, 7) is 4.74. The fourth-order valence-electron chi connectivity index (χ4n) is 3.24. The topological polar surface area (TPSA) is 88.9 Å². The first kappa shape index (κ1) is 21.2. The zero-order chi connectivity index (χ0) is 21.5. The second kappa shape index (κ2) is 9.79. The van der Waals surface area contributed by atoms with Crippen molar-refractivity contribution in [2.24, 2.45) is 0 Å². The van der Waals surface area contributed by atoms with E-state index in [1.165, 1.54) is 4.90 Å². The lowest BCUT2D eigenvalue weighted by Crippen LogP contribution is -2.35. The summed E-state index contributed by atoms with van der Waals surface area (Å²) in [5, 5.41) is 8.94. The number of hydrogen-bond donors (Lipinski definition) is 0. The minimum absolute atomic E-state index is 0.175. The molecule has 0 saturated heterocycles. The van der Waals surface area contributed by atoms with Crippen LogP contribution in [0, 0.1) is 25.2 Å². The number of nitriles is 1. The number of aryl methyl sites for hydroxylation is 2. The zero-order valence-electron chi connectivity index (χ0n) is 17.1. The van der Waals surface area contributed by atoms with Crippen LogP contribution in [0.3, 0.4) is 0 Å². The number of ether oxygens (including phenoxy) is 3. The Bertz CT molecular complexity index is 960. The SMILES string of the molecule is Cc1cc(C)cc(N(CCC#N)C(=O)COC(=O)c2ccc3c(c2)OCCCO3)c1. The Hall–Kier alpha value is -3.53. The Morgan fingerprint density at radius 1 is 1.07 bits per heavy atom. The molecular formula is C23H24N2O5. The quantitative estimate of drug-likeness (QED) is 0.679. The fraction of sp³-hybridized carbons (Fsp3) is 0.348. The summed E-state index contributed by atoms with van der Waals surface area (Å²) in [5.41, 5.74) is 2.97. The highest BCUT2D eigenvalue weighted by atomic mass is 16.5. The Balaban J connectivity index is 1.69. The van der Waals surface area contributed by atoms with E-state index in [-0.39, 0.29) is 18.5 Å². The molecule has 1 aliphatic rings. The van der Waals surface area contributed by atoms with Crippen molar-refractivity contribution >= 4 is 17.6 Å². The molecule has 2 aromatic carbocycles. The second-order valence-corrected chi connectivity index (χ2v) is 7.09. The summed E-state index contributed by atoms with van der Waals surface area (Å²) in [5.74, 6) is 0.0503. The minimum Gasteiger partial charge on any atom is -0.490 e. The number of esters is 1. The highest BCUT2D eigenvalue weighted by molar-refractivity contribution is 5.97. The molecule has 0 aliphatic carbocycles. The molecule has 0 saturated carbocycles. The van der Waals surface area contributed by atoms with Gasteiger partial charge in [0.15, 0.2) is 18.1 Å². The Labute approximate surface area is 175 Å². The maximum atomic E-state index is 12.8. The third kappa shape index (κ3) is 5.29. The molecule has 0 spiro atoms. The average molecular weight is 408 g/mol. The number of carbonyl (C=O) groups excluding carboxylic acids is 2. The molecule has 0 fully saturated rings. The van der Waals surface area contributed by atoms with Gasteiger partial charge in [-0.15, -0.1) is 0 Å². The molecule has 0 unspecified atom stereocenters. The lowest BCUT2D eigenvalue weighted by molar-refractivity contribution is -0.121. The van der Waals surface area contributed by atoms with E-state index >= 15 is 0 Å². The van der Waals surface area contributed by atoms with Crippen molar-refractivity contribution in [2.45, 2.75) is 26.7 Å². The standard InChI is InChI=1S/C23H24N2O5/c1-16-11-17(2)13-19(12-16)25(8-3-7-24)22(26)15-30-23(27)18-5-6-20-21(14-18)29-10-4-9-28-20/h5-6,11-14H,3-4,8-10,15H2,1-2H3. The summed E-state index contributed by atoms with van der Waals surface area (Å²) in [6.07, 6.45) is 0.939. The molecule has 1 amide bonds. The Morgan fingerprint density at radius 2 is 1.77 bits per heavy atom. The van der Waals surface area contributed by atoms with Crippen LogP contribution < -0.4 is 14.4 Å². The third-order valence-electron chi connectivity index (χ3n) is 4.58. The van der Waals surface area contributed by atoms with Gasteiger partial charge in [0.25, 0.3) is 5.91 Å². The van der Waals surface area contributed by atoms with Crippen molar-refractivity contribution in [1.29, 1.82) is 5.26 Å². The molecule has 7 nitrogen and oxygen atoms in total. The van der Waals surface area contributed by atoms with Crippen molar-refractivity contribution in [3.63, 3.8) is 0 Å². The summed E-state index contributed by atoms with van der Waals surface area (Å²) in [4.78, 5) is 26.7. The highest BCUT2D eigenvalue weighted by Gasteiger charge is 2.20. The number of anilines is 1. The molecule has 0 atom stereocenters. The number of rotatable bonds is 6. The van der Waals surface area contributed by atoms with E-state index < -0.39 is 18.5 Å². The van der Waals surface area contributed by atoms with E-state index in [2.05, 4.69) is 0 Å². The van der Waals surface area contributed by atoms with Crippen LogP contribution in [0.4, 0.5) is 5.69 Å². The van der Waals surface area contributed by atoms with Gasteiger partial charge in [0.1, 0.15) is 0 Å². The van der Waals surface area contributed by atoms with Crippen molar-refractivity contribution in [1.82, 2.24) is 0 Å². The van der Waals surface area contributed by atoms with Crippen molar-refractivity contribution in [3.8, 4) is 17.6 Å². The van der Waals surface area contributed by atoms with Gasteiger partial charge in [0.2, 0.25) is 0 Å². The largest absolute Gasteiger partial charge is 0.490 e. The van der Waals surface area contributed by atoms with Gasteiger partial charge < -0.3 is 19.1 Å². The van der Waals surface area contributed by atoms with Gasteiger partial charge in [-0.25, -0.2) is 4.79 Å². The monoisotopic (exact) mass is 408 g/mol. The maximum absolute atomic E-state index is 12.8. The van der Waals surface area contributed by atoms with Crippen molar-refractivity contribution in [3.05, 3.63) is 53.1 Å². The van der Waals surface area contributed by atoms with Crippen LogP contribution in [0.15, 0.2) is 36.4 Å². The van der Waals surface area contributed by atoms with E-state index in [0.29, 0.717) is 30.4 Å². The second-order valence-electron chi connectivity index (χ2n) is 7.09. The first-order chi connectivity index (χ1) is 14.5. The van der Waals surface area contributed by atoms with Crippen LogP contribution >= 0.6 is 0 Å². The molecular weight excluding hydrogens is 384 g/mol. The number of hydrogen-bond acceptors (Lipinski definition) is 6. The molecule has 0 radical (unpaired) electrons. The first-order valence-corrected chi connectivity index (χ1v) is 9.80. The van der Waals surface area contributed by atoms with Crippen LogP contribution in [0.5, 0.6) is 11.5 Å². The molecule has 0 N–H and O–H groups in total. The fourth-order valence-corrected chi connectivity index (χ4v) is 3.24. The summed E-state index contributed by atoms with van der Waals surface area (Å²) < 4.78 is 16.4. The molecule has 0 aromatic heterocycles. The summed E-state index contributed by atoms with van der Waals surface area (Å²) >= 11 is 0. The molecule has 0 bridgehead atoms. The number of amides is 1. The molecule has 1 aliphatic heterocycles. The number of nitrogens with zero attached hydrogens (tertiary/aromatic N) is 2. The van der Waals surface area contributed by atoms with Crippen LogP contribution in [0.2, 0.25) is 0 Å². The first-order valence-electron chi connectivity index (χ1n) is 9.80. The van der Waals surface area contributed by atoms with E-state index in [0.717, 1.165) is 17.5 Å². The van der Waals surface area contributed by atoms with Crippen LogP contribution in [-0.2, 0) is 9.53 Å². The van der Waals surface area contributed by atoms with Crippen LogP contribution in [-0.4, -0.2) is 38.2 Å². The maximum Gasteiger partial charge on any atom is 0.338 e. The Morgan fingerprint density at radius 3 is 2.47 bits per heavy atom. The van der Waals surface area contributed by atoms with Gasteiger partial charge >= 0.3 is 5.97 Å². The zero-order valence-corrected chi connectivity index (χ0v) is 17.1. The van der Waals surface area contributed by atoms with Crippen molar-refractivity contribution < 1.29 is 23.8 Å². The lowest BCUT2D eigenvalue weighted by atomic mass is 10.1. The number of carbonyl (C=O) groups is 2. The van der Waals surface area contributed by atoms with E-state index in [1.807, 2.05) is 38.1 Å². The van der Waals surface area contributed by atoms with Gasteiger partial charge in [-0.1, -0.05) is 6.07 Å². The molecule has 30 heavy (non-hydrogen) atoms. The van der Waals surface area contributed by atoms with E-state index in [1.54, 1.807) is 18.2 Å². The predicted molar refractivity (Wildman–Crippen MR) is 111 cm³/mol. The molecule has 156 valence electrons. The van der Waals surface area contributed by atoms with Gasteiger partial charge in [-0.2, -0.15) is 5.26 Å². The van der Waals surface area contributed by atoms with Gasteiger partial charge in [-0.3, -0.25) is 4.79 Å². The van der Waals surface area contributed by atoms with E-state index in [4.69, 9.17) is 19.5 Å². The third-order valence-corrected chi connectivity index (χ3v) is 4.58.